The Balaban J connectivity index is 1.78. The Morgan fingerprint density at radius 1 is 1.28 bits per heavy atom. The van der Waals surface area contributed by atoms with Crippen LogP contribution < -0.4 is 0 Å². The molecule has 5 rings (SSSR count). The van der Waals surface area contributed by atoms with Crippen molar-refractivity contribution in [1.82, 2.24) is 0 Å². The lowest BCUT2D eigenvalue weighted by Crippen LogP contribution is -2.53. The maximum Gasteiger partial charge on any atom is 0.315 e. The topological polar surface area (TPSA) is 104 Å². The van der Waals surface area contributed by atoms with E-state index in [9.17, 15) is 24.9 Å². The fourth-order valence-electron chi connectivity index (χ4n) is 7.67. The van der Waals surface area contributed by atoms with Crippen molar-refractivity contribution >= 4 is 11.9 Å². The van der Waals surface area contributed by atoms with Gasteiger partial charge in [-0.15, -0.1) is 0 Å². The lowest BCUT2D eigenvalue weighted by Gasteiger charge is -2.45. The quantitative estimate of drug-likeness (QED) is 0.484. The number of esters is 1. The summed E-state index contributed by atoms with van der Waals surface area (Å²) in [6.07, 6.45) is 1.29. The molecule has 0 aromatic heterocycles. The predicted molar refractivity (Wildman–Crippen MR) is 85.2 cm³/mol. The fourth-order valence-corrected chi connectivity index (χ4v) is 7.67. The zero-order valence-corrected chi connectivity index (χ0v) is 14.3. The molecule has 5 aliphatic rings. The van der Waals surface area contributed by atoms with Crippen LogP contribution in [0, 0.1) is 34.5 Å². The van der Waals surface area contributed by atoms with Crippen LogP contribution >= 0.6 is 0 Å². The first kappa shape index (κ1) is 15.8. The fraction of sp³-hybridized carbons (Fsp3) is 0.789. The highest BCUT2D eigenvalue weighted by Crippen LogP contribution is 2.77. The van der Waals surface area contributed by atoms with E-state index in [1.165, 1.54) is 0 Å². The van der Waals surface area contributed by atoms with Crippen LogP contribution in [0.2, 0.25) is 0 Å². The molecule has 4 aliphatic carbocycles. The van der Waals surface area contributed by atoms with Gasteiger partial charge in [0.25, 0.3) is 0 Å². The number of carboxylic acids is 1. The van der Waals surface area contributed by atoms with E-state index in [1.807, 2.05) is 0 Å². The summed E-state index contributed by atoms with van der Waals surface area (Å²) in [5.74, 6) is -3.02. The van der Waals surface area contributed by atoms with Crippen molar-refractivity contribution in [2.45, 2.75) is 56.8 Å². The second-order valence-corrected chi connectivity index (χ2v) is 9.10. The van der Waals surface area contributed by atoms with Crippen LogP contribution in [0.1, 0.15) is 39.0 Å². The summed E-state index contributed by atoms with van der Waals surface area (Å²) in [7, 11) is 0. The SMILES string of the molecule is C=C1C2CCC3C45CCC(O)C(C)(C(=O)O4)C5C(C(=O)O)C3(C2)C1O. The Kier molecular flexibility index (Phi) is 2.71. The highest BCUT2D eigenvalue weighted by atomic mass is 16.6. The molecular formula is C19H24O6. The summed E-state index contributed by atoms with van der Waals surface area (Å²) in [5, 5.41) is 31.9. The number of aliphatic hydroxyl groups excluding tert-OH is 2. The standard InChI is InChI=1S/C19H24O6/c1-8-9-3-4-10-18(7-9,14(8)21)12(15(22)23)13-17(2)11(20)5-6-19(10,13)25-16(17)24/h9-14,20-21H,1,3-7H2,2H3,(H,22,23). The van der Waals surface area contributed by atoms with E-state index in [-0.39, 0.29) is 11.8 Å². The molecule has 1 saturated heterocycles. The first-order chi connectivity index (χ1) is 11.7. The molecule has 4 bridgehead atoms. The smallest absolute Gasteiger partial charge is 0.315 e. The van der Waals surface area contributed by atoms with Gasteiger partial charge < -0.3 is 20.1 Å². The lowest BCUT2D eigenvalue weighted by molar-refractivity contribution is -0.166. The molecule has 6 nitrogen and oxygen atoms in total. The van der Waals surface area contributed by atoms with Crippen LogP contribution in [0.4, 0.5) is 0 Å². The maximum absolute atomic E-state index is 12.7. The lowest BCUT2D eigenvalue weighted by atomic mass is 9.59. The molecule has 0 radical (unpaired) electrons. The van der Waals surface area contributed by atoms with Crippen molar-refractivity contribution in [3.05, 3.63) is 12.2 Å². The van der Waals surface area contributed by atoms with Gasteiger partial charge in [-0.05, 0) is 50.5 Å². The van der Waals surface area contributed by atoms with Crippen molar-refractivity contribution in [1.29, 1.82) is 0 Å². The summed E-state index contributed by atoms with van der Waals surface area (Å²) in [6.45, 7) is 5.71. The van der Waals surface area contributed by atoms with Crippen molar-refractivity contribution in [3.63, 3.8) is 0 Å². The molecule has 1 spiro atoms. The number of rotatable bonds is 1. The largest absolute Gasteiger partial charge is 0.481 e. The number of hydrogen-bond acceptors (Lipinski definition) is 5. The van der Waals surface area contributed by atoms with Gasteiger partial charge in [0.2, 0.25) is 0 Å². The van der Waals surface area contributed by atoms with Crippen LogP contribution in [-0.2, 0) is 14.3 Å². The minimum Gasteiger partial charge on any atom is -0.481 e. The Hall–Kier alpha value is -1.40. The third kappa shape index (κ3) is 1.37. The van der Waals surface area contributed by atoms with Crippen LogP contribution in [0.25, 0.3) is 0 Å². The Morgan fingerprint density at radius 2 is 2.00 bits per heavy atom. The van der Waals surface area contributed by atoms with Gasteiger partial charge in [-0.3, -0.25) is 9.59 Å². The summed E-state index contributed by atoms with van der Waals surface area (Å²) < 4.78 is 5.95. The Bertz CT molecular complexity index is 717. The second-order valence-electron chi connectivity index (χ2n) is 9.10. The number of hydrogen-bond donors (Lipinski definition) is 3. The molecule has 9 unspecified atom stereocenters. The number of carbonyl (C=O) groups excluding carboxylic acids is 1. The molecule has 3 N–H and O–H groups in total. The maximum atomic E-state index is 12.7. The van der Waals surface area contributed by atoms with Gasteiger partial charge in [0, 0.05) is 17.3 Å². The molecule has 5 fully saturated rings. The van der Waals surface area contributed by atoms with Gasteiger partial charge in [0.15, 0.2) is 0 Å². The number of aliphatic carboxylic acids is 1. The van der Waals surface area contributed by atoms with Crippen LogP contribution in [-0.4, -0.2) is 45.1 Å². The first-order valence-corrected chi connectivity index (χ1v) is 9.22. The monoisotopic (exact) mass is 348 g/mol. The average Bonchev–Trinajstić information content (AvgIpc) is 3.00. The summed E-state index contributed by atoms with van der Waals surface area (Å²) in [6, 6.07) is 0. The molecule has 0 aromatic carbocycles. The van der Waals surface area contributed by atoms with E-state index >= 15 is 0 Å². The van der Waals surface area contributed by atoms with E-state index < -0.39 is 52.4 Å². The van der Waals surface area contributed by atoms with Gasteiger partial charge in [-0.1, -0.05) is 6.58 Å². The number of aliphatic hydroxyl groups is 2. The molecule has 1 aliphatic heterocycles. The Labute approximate surface area is 145 Å². The van der Waals surface area contributed by atoms with E-state index in [4.69, 9.17) is 4.74 Å². The van der Waals surface area contributed by atoms with Crippen LogP contribution in [0.5, 0.6) is 0 Å². The summed E-state index contributed by atoms with van der Waals surface area (Å²) in [4.78, 5) is 25.2. The molecule has 1 heterocycles. The minimum atomic E-state index is -1.22. The molecule has 4 saturated carbocycles. The van der Waals surface area contributed by atoms with Crippen molar-refractivity contribution in [2.24, 2.45) is 34.5 Å². The van der Waals surface area contributed by atoms with E-state index in [2.05, 4.69) is 6.58 Å². The van der Waals surface area contributed by atoms with E-state index in [0.29, 0.717) is 19.3 Å². The zero-order chi connectivity index (χ0) is 17.9. The highest BCUT2D eigenvalue weighted by Gasteiger charge is 2.84. The average molecular weight is 348 g/mol. The Morgan fingerprint density at radius 3 is 2.68 bits per heavy atom. The third-order valence-electron chi connectivity index (χ3n) is 8.60. The van der Waals surface area contributed by atoms with Crippen LogP contribution in [0.15, 0.2) is 12.2 Å². The number of carboxylic acid groups (broad SMARTS) is 1. The number of carbonyl (C=O) groups is 2. The predicted octanol–water partition coefficient (Wildman–Crippen LogP) is 1.11. The molecule has 9 atom stereocenters. The second kappa shape index (κ2) is 4.29. The highest BCUT2D eigenvalue weighted by molar-refractivity contribution is 5.85. The van der Waals surface area contributed by atoms with Gasteiger partial charge in [0.05, 0.1) is 23.5 Å². The number of ether oxygens (including phenoxy) is 1. The van der Waals surface area contributed by atoms with Gasteiger partial charge in [-0.25, -0.2) is 0 Å². The summed E-state index contributed by atoms with van der Waals surface area (Å²) in [5.41, 5.74) is -2.18. The normalized spacial score (nSPS) is 58.7. The van der Waals surface area contributed by atoms with Gasteiger partial charge in [0.1, 0.15) is 5.60 Å². The molecule has 136 valence electrons. The molecule has 6 heteroatoms. The van der Waals surface area contributed by atoms with Crippen LogP contribution in [0.3, 0.4) is 0 Å². The van der Waals surface area contributed by atoms with E-state index in [1.54, 1.807) is 6.92 Å². The summed E-state index contributed by atoms with van der Waals surface area (Å²) >= 11 is 0. The minimum absolute atomic E-state index is 0.136. The van der Waals surface area contributed by atoms with Crippen molar-refractivity contribution in [2.75, 3.05) is 0 Å². The van der Waals surface area contributed by atoms with Crippen molar-refractivity contribution in [3.8, 4) is 0 Å². The molecule has 0 aromatic rings. The van der Waals surface area contributed by atoms with Crippen molar-refractivity contribution < 1.29 is 29.6 Å². The molecule has 0 amide bonds. The third-order valence-corrected chi connectivity index (χ3v) is 8.60. The van der Waals surface area contributed by atoms with E-state index in [0.717, 1.165) is 18.4 Å². The molecular weight excluding hydrogens is 324 g/mol. The first-order valence-electron chi connectivity index (χ1n) is 9.22. The number of fused-ring (bicyclic) bond motifs is 1. The van der Waals surface area contributed by atoms with Gasteiger partial charge in [-0.2, -0.15) is 0 Å². The van der Waals surface area contributed by atoms with Gasteiger partial charge >= 0.3 is 11.9 Å². The molecule has 25 heavy (non-hydrogen) atoms. The zero-order valence-electron chi connectivity index (χ0n) is 14.3.